The summed E-state index contributed by atoms with van der Waals surface area (Å²) in [4.78, 5) is 28.1. The van der Waals surface area contributed by atoms with Gasteiger partial charge in [-0.3, -0.25) is 4.79 Å². The molecule has 8 heteroatoms. The smallest absolute Gasteiger partial charge is 0.342 e. The van der Waals surface area contributed by atoms with Crippen molar-refractivity contribution in [2.75, 3.05) is 11.9 Å². The standard InChI is InChI=1S/C18H15FN4O3/c1-11(21)13(9-20)16(24)10-26-18(25)12-5-4-8-22-17(12)23-15-7-3-2-6-14(15)19/h2-8,13,21H,10H2,1H3,(H,22,23). The van der Waals surface area contributed by atoms with E-state index in [9.17, 15) is 14.0 Å². The Kier molecular flexibility index (Phi) is 6.11. The van der Waals surface area contributed by atoms with Crippen LogP contribution in [0.15, 0.2) is 42.6 Å². The number of hydrogen-bond acceptors (Lipinski definition) is 7. The summed E-state index contributed by atoms with van der Waals surface area (Å²) in [6.07, 6.45) is 1.41. The van der Waals surface area contributed by atoms with Crippen molar-refractivity contribution in [3.05, 3.63) is 54.0 Å². The molecule has 1 aromatic carbocycles. The molecule has 0 bridgehead atoms. The highest BCUT2D eigenvalue weighted by molar-refractivity contribution is 6.06. The van der Waals surface area contributed by atoms with Gasteiger partial charge in [-0.1, -0.05) is 12.1 Å². The number of ether oxygens (including phenoxy) is 1. The second-order valence-electron chi connectivity index (χ2n) is 5.29. The summed E-state index contributed by atoms with van der Waals surface area (Å²) in [5, 5.41) is 19.0. The molecule has 0 spiro atoms. The van der Waals surface area contributed by atoms with Gasteiger partial charge in [-0.2, -0.15) is 5.26 Å². The maximum Gasteiger partial charge on any atom is 0.342 e. The molecule has 0 saturated heterocycles. The van der Waals surface area contributed by atoms with Crippen molar-refractivity contribution in [3.63, 3.8) is 0 Å². The Morgan fingerprint density at radius 3 is 2.73 bits per heavy atom. The Morgan fingerprint density at radius 1 is 1.35 bits per heavy atom. The van der Waals surface area contributed by atoms with Crippen molar-refractivity contribution in [3.8, 4) is 6.07 Å². The number of nitrogens with zero attached hydrogens (tertiary/aromatic N) is 2. The number of nitriles is 1. The molecule has 7 nitrogen and oxygen atoms in total. The van der Waals surface area contributed by atoms with Crippen LogP contribution in [-0.2, 0) is 9.53 Å². The zero-order valence-corrected chi connectivity index (χ0v) is 13.8. The number of Topliss-reactive ketones (excluding diaryl/α,β-unsaturated/α-hetero) is 1. The highest BCUT2D eigenvalue weighted by atomic mass is 19.1. The first-order valence-corrected chi connectivity index (χ1v) is 7.55. The molecule has 2 N–H and O–H groups in total. The zero-order chi connectivity index (χ0) is 19.1. The van der Waals surface area contributed by atoms with Gasteiger partial charge in [0.15, 0.2) is 12.4 Å². The van der Waals surface area contributed by atoms with Gasteiger partial charge in [0.05, 0.1) is 11.8 Å². The van der Waals surface area contributed by atoms with E-state index in [2.05, 4.69) is 10.3 Å². The molecule has 0 radical (unpaired) electrons. The van der Waals surface area contributed by atoms with Crippen LogP contribution in [-0.4, -0.2) is 29.1 Å². The Labute approximate surface area is 148 Å². The molecule has 1 aromatic heterocycles. The van der Waals surface area contributed by atoms with Crippen molar-refractivity contribution in [2.24, 2.45) is 5.92 Å². The molecule has 1 unspecified atom stereocenters. The molecule has 26 heavy (non-hydrogen) atoms. The van der Waals surface area contributed by atoms with E-state index in [4.69, 9.17) is 15.4 Å². The molecule has 1 atom stereocenters. The Balaban J connectivity index is 2.13. The molecule has 0 aliphatic carbocycles. The Bertz CT molecular complexity index is 892. The second-order valence-corrected chi connectivity index (χ2v) is 5.29. The molecule has 0 saturated carbocycles. The number of anilines is 2. The average Bonchev–Trinajstić information content (AvgIpc) is 2.62. The lowest BCUT2D eigenvalue weighted by molar-refractivity contribution is -0.122. The molecule has 1 heterocycles. The van der Waals surface area contributed by atoms with Gasteiger partial charge in [-0.25, -0.2) is 14.2 Å². The molecule has 132 valence electrons. The molecule has 0 aliphatic heterocycles. The summed E-state index contributed by atoms with van der Waals surface area (Å²) in [7, 11) is 0. The maximum atomic E-state index is 13.8. The van der Waals surface area contributed by atoms with Gasteiger partial charge in [0.25, 0.3) is 0 Å². The predicted molar refractivity (Wildman–Crippen MR) is 91.7 cm³/mol. The van der Waals surface area contributed by atoms with Crippen molar-refractivity contribution < 1.29 is 18.7 Å². The van der Waals surface area contributed by atoms with Crippen LogP contribution >= 0.6 is 0 Å². The number of aromatic nitrogens is 1. The summed E-state index contributed by atoms with van der Waals surface area (Å²) >= 11 is 0. The number of halogens is 1. The van der Waals surface area contributed by atoms with Crippen LogP contribution < -0.4 is 5.32 Å². The molecule has 0 aliphatic rings. The van der Waals surface area contributed by atoms with Crippen LogP contribution in [0.4, 0.5) is 15.9 Å². The number of esters is 1. The highest BCUT2D eigenvalue weighted by Crippen LogP contribution is 2.21. The minimum Gasteiger partial charge on any atom is -0.454 e. The van der Waals surface area contributed by atoms with Crippen LogP contribution in [0.1, 0.15) is 17.3 Å². The third kappa shape index (κ3) is 4.48. The van der Waals surface area contributed by atoms with Crippen molar-refractivity contribution in [1.29, 1.82) is 10.7 Å². The lowest BCUT2D eigenvalue weighted by atomic mass is 10.0. The van der Waals surface area contributed by atoms with Gasteiger partial charge < -0.3 is 15.5 Å². The number of benzene rings is 1. The first-order valence-electron chi connectivity index (χ1n) is 7.55. The lowest BCUT2D eigenvalue weighted by Crippen LogP contribution is -2.25. The number of hydrogen-bond donors (Lipinski definition) is 2. The number of carbonyl (C=O) groups is 2. The molecule has 2 aromatic rings. The topological polar surface area (TPSA) is 116 Å². The van der Waals surface area contributed by atoms with E-state index in [0.29, 0.717) is 0 Å². The summed E-state index contributed by atoms with van der Waals surface area (Å²) < 4.78 is 18.7. The number of rotatable bonds is 7. The molecule has 0 amide bonds. The van der Waals surface area contributed by atoms with Gasteiger partial charge in [-0.05, 0) is 31.2 Å². The number of pyridine rings is 1. The molecule has 0 fully saturated rings. The van der Waals surface area contributed by atoms with Crippen LogP contribution in [0, 0.1) is 28.5 Å². The summed E-state index contributed by atoms with van der Waals surface area (Å²) in [6.45, 7) is 0.673. The summed E-state index contributed by atoms with van der Waals surface area (Å²) in [5.74, 6) is -3.26. The van der Waals surface area contributed by atoms with Crippen LogP contribution in [0.3, 0.4) is 0 Å². The van der Waals surface area contributed by atoms with Gasteiger partial charge >= 0.3 is 5.97 Å². The molecule has 2 rings (SSSR count). The van der Waals surface area contributed by atoms with E-state index in [1.54, 1.807) is 12.1 Å². The van der Waals surface area contributed by atoms with Gasteiger partial charge in [0.1, 0.15) is 23.1 Å². The van der Waals surface area contributed by atoms with E-state index in [0.717, 1.165) is 0 Å². The number of nitrogens with one attached hydrogen (secondary N) is 2. The van der Waals surface area contributed by atoms with E-state index < -0.39 is 30.1 Å². The van der Waals surface area contributed by atoms with E-state index in [-0.39, 0.29) is 22.8 Å². The second kappa shape index (κ2) is 8.48. The van der Waals surface area contributed by atoms with Crippen LogP contribution in [0.25, 0.3) is 0 Å². The first kappa shape index (κ1) is 18.7. The van der Waals surface area contributed by atoms with Crippen molar-refractivity contribution >= 4 is 29.0 Å². The highest BCUT2D eigenvalue weighted by Gasteiger charge is 2.23. The van der Waals surface area contributed by atoms with Gasteiger partial charge in [0.2, 0.25) is 0 Å². The quantitative estimate of drug-likeness (QED) is 0.583. The third-order valence-electron chi connectivity index (χ3n) is 3.38. The van der Waals surface area contributed by atoms with Crippen LogP contribution in [0.5, 0.6) is 0 Å². The molecular formula is C18H15FN4O3. The van der Waals surface area contributed by atoms with E-state index in [1.807, 2.05) is 0 Å². The van der Waals surface area contributed by atoms with Crippen molar-refractivity contribution in [2.45, 2.75) is 6.92 Å². The first-order chi connectivity index (χ1) is 12.4. The fourth-order valence-corrected chi connectivity index (χ4v) is 2.07. The fourth-order valence-electron chi connectivity index (χ4n) is 2.07. The SMILES string of the molecule is CC(=N)C(C#N)C(=O)COC(=O)c1cccnc1Nc1ccccc1F. The predicted octanol–water partition coefficient (Wildman–Crippen LogP) is 2.87. The largest absolute Gasteiger partial charge is 0.454 e. The average molecular weight is 354 g/mol. The van der Waals surface area contributed by atoms with Crippen molar-refractivity contribution in [1.82, 2.24) is 4.98 Å². The van der Waals surface area contributed by atoms with Gasteiger partial charge in [-0.15, -0.1) is 0 Å². The number of para-hydroxylation sites is 1. The number of ketones is 1. The van der Waals surface area contributed by atoms with Crippen LogP contribution in [0.2, 0.25) is 0 Å². The zero-order valence-electron chi connectivity index (χ0n) is 13.8. The number of carbonyl (C=O) groups excluding carboxylic acids is 2. The fraction of sp³-hybridized carbons (Fsp3) is 0.167. The normalized spacial score (nSPS) is 11.1. The third-order valence-corrected chi connectivity index (χ3v) is 3.38. The monoisotopic (exact) mass is 354 g/mol. The minimum absolute atomic E-state index is 0.00337. The Morgan fingerprint density at radius 2 is 2.08 bits per heavy atom. The minimum atomic E-state index is -1.26. The van der Waals surface area contributed by atoms with Gasteiger partial charge in [0, 0.05) is 11.9 Å². The summed E-state index contributed by atoms with van der Waals surface area (Å²) in [6, 6.07) is 10.5. The summed E-state index contributed by atoms with van der Waals surface area (Å²) in [5.41, 5.74) is 0.000716. The Hall–Kier alpha value is -3.60. The maximum absolute atomic E-state index is 13.8. The molecular weight excluding hydrogens is 339 g/mol. The van der Waals surface area contributed by atoms with E-state index >= 15 is 0 Å². The van der Waals surface area contributed by atoms with E-state index in [1.165, 1.54) is 43.5 Å². The lowest BCUT2D eigenvalue weighted by Gasteiger charge is -2.11.